The highest BCUT2D eigenvalue weighted by Crippen LogP contribution is 2.19. The Kier molecular flexibility index (Phi) is 5.69. The van der Waals surface area contributed by atoms with Crippen molar-refractivity contribution in [3.05, 3.63) is 77.9 Å². The zero-order chi connectivity index (χ0) is 17.5. The predicted molar refractivity (Wildman–Crippen MR) is 97.1 cm³/mol. The third-order valence-electron chi connectivity index (χ3n) is 3.35. The average molecular weight is 356 g/mol. The average Bonchev–Trinajstić information content (AvgIpc) is 2.99. The maximum atomic E-state index is 13.5. The van der Waals surface area contributed by atoms with Gasteiger partial charge in [-0.15, -0.1) is 10.2 Å². The number of hydrogen-bond acceptors (Lipinski definition) is 5. The molecule has 0 aliphatic carbocycles. The Balaban J connectivity index is 1.54. The van der Waals surface area contributed by atoms with Crippen molar-refractivity contribution in [2.45, 2.75) is 11.8 Å². The molecule has 0 unspecified atom stereocenters. The minimum Gasteiger partial charge on any atom is -0.482 e. The third-order valence-corrected chi connectivity index (χ3v) is 4.24. The molecule has 0 amide bonds. The second-order valence-electron chi connectivity index (χ2n) is 5.11. The Bertz CT molecular complexity index is 851. The topological polar surface area (TPSA) is 66.0 Å². The molecule has 0 atom stereocenters. The van der Waals surface area contributed by atoms with Crippen LogP contribution in [0.15, 0.2) is 65.8 Å². The maximum absolute atomic E-state index is 13.5. The van der Waals surface area contributed by atoms with E-state index >= 15 is 0 Å². The highest BCUT2D eigenvalue weighted by atomic mass is 32.2. The van der Waals surface area contributed by atoms with Crippen LogP contribution in [0.3, 0.4) is 0 Å². The van der Waals surface area contributed by atoms with Crippen LogP contribution >= 0.6 is 11.8 Å². The number of hydrogen-bond donors (Lipinski definition) is 1. The molecular weight excluding hydrogens is 339 g/mol. The van der Waals surface area contributed by atoms with E-state index in [-0.39, 0.29) is 12.4 Å². The Labute approximate surface area is 149 Å². The quantitative estimate of drug-likeness (QED) is 0.518. The lowest BCUT2D eigenvalue weighted by Crippen LogP contribution is -2.16. The first-order valence-electron chi connectivity index (χ1n) is 7.65. The molecule has 0 bridgehead atoms. The number of para-hydroxylation sites is 1. The normalized spacial score (nSPS) is 11.1. The summed E-state index contributed by atoms with van der Waals surface area (Å²) >= 11 is 1.46. The first kappa shape index (κ1) is 17.0. The first-order valence-corrected chi connectivity index (χ1v) is 8.63. The number of nitrogens with zero attached hydrogens (tertiary/aromatic N) is 3. The molecule has 5 nitrogen and oxygen atoms in total. The summed E-state index contributed by atoms with van der Waals surface area (Å²) in [6.07, 6.45) is 4.07. The minimum atomic E-state index is -0.425. The lowest BCUT2D eigenvalue weighted by atomic mass is 10.2. The number of halogens is 1. The summed E-state index contributed by atoms with van der Waals surface area (Å²) in [4.78, 5) is 0. The summed E-state index contributed by atoms with van der Waals surface area (Å²) < 4.78 is 20.3. The smallest absolute Gasteiger partial charge is 0.210 e. The van der Waals surface area contributed by atoms with Gasteiger partial charge in [-0.2, -0.15) is 0 Å². The van der Waals surface area contributed by atoms with Crippen LogP contribution in [0.2, 0.25) is 0 Å². The van der Waals surface area contributed by atoms with Crippen molar-refractivity contribution in [2.24, 2.45) is 0 Å². The van der Waals surface area contributed by atoms with Gasteiger partial charge in [0.1, 0.15) is 6.61 Å². The Hall–Kier alpha value is -2.80. The van der Waals surface area contributed by atoms with Crippen molar-refractivity contribution < 1.29 is 9.13 Å². The summed E-state index contributed by atoms with van der Waals surface area (Å²) in [7, 11) is 0. The predicted octanol–water partition coefficient (Wildman–Crippen LogP) is 3.52. The van der Waals surface area contributed by atoms with Crippen molar-refractivity contribution in [2.75, 3.05) is 11.6 Å². The molecule has 0 aliphatic heterocycles. The second kappa shape index (κ2) is 8.34. The van der Waals surface area contributed by atoms with Gasteiger partial charge in [0.15, 0.2) is 17.4 Å². The molecule has 7 heteroatoms. The summed E-state index contributed by atoms with van der Waals surface area (Å²) in [5, 5.41) is 8.61. The fourth-order valence-corrected chi connectivity index (χ4v) is 2.76. The van der Waals surface area contributed by atoms with Crippen LogP contribution < -0.4 is 10.6 Å². The van der Waals surface area contributed by atoms with Crippen molar-refractivity contribution in [1.29, 1.82) is 0 Å². The summed E-state index contributed by atoms with van der Waals surface area (Å²) in [5.74, 6) is 6.84. The summed E-state index contributed by atoms with van der Waals surface area (Å²) in [6.45, 7) is 0.0465. The monoisotopic (exact) mass is 356 g/mol. The third kappa shape index (κ3) is 4.60. The molecule has 1 aromatic heterocycles. The fraction of sp³-hybridized carbons (Fsp3) is 0.111. The molecule has 0 radical (unpaired) electrons. The Morgan fingerprint density at radius 2 is 1.84 bits per heavy atom. The van der Waals surface area contributed by atoms with Gasteiger partial charge in [0.05, 0.1) is 0 Å². The largest absolute Gasteiger partial charge is 0.482 e. The molecule has 3 rings (SSSR count). The van der Waals surface area contributed by atoms with Crippen molar-refractivity contribution in [3.8, 4) is 5.75 Å². The van der Waals surface area contributed by atoms with Crippen molar-refractivity contribution in [1.82, 2.24) is 14.9 Å². The van der Waals surface area contributed by atoms with Gasteiger partial charge < -0.3 is 10.6 Å². The van der Waals surface area contributed by atoms with Crippen LogP contribution in [0.1, 0.15) is 11.4 Å². The Morgan fingerprint density at radius 1 is 1.08 bits per heavy atom. The van der Waals surface area contributed by atoms with Gasteiger partial charge in [0.25, 0.3) is 0 Å². The zero-order valence-electron chi connectivity index (χ0n) is 13.4. The van der Waals surface area contributed by atoms with Gasteiger partial charge in [0.2, 0.25) is 5.16 Å². The van der Waals surface area contributed by atoms with Crippen LogP contribution in [-0.2, 0) is 6.61 Å². The number of nitrogens with two attached hydrogens (primary N) is 1. The van der Waals surface area contributed by atoms with E-state index in [9.17, 15) is 4.39 Å². The number of benzene rings is 2. The lowest BCUT2D eigenvalue weighted by Gasteiger charge is -2.06. The Morgan fingerprint density at radius 3 is 2.64 bits per heavy atom. The number of aromatic nitrogens is 3. The molecule has 2 aromatic carbocycles. The molecular formula is C18H17FN4OS. The first-order chi connectivity index (χ1) is 12.2. The molecule has 25 heavy (non-hydrogen) atoms. The van der Waals surface area contributed by atoms with Gasteiger partial charge in [-0.3, -0.25) is 0 Å². The summed E-state index contributed by atoms with van der Waals surface area (Å²) in [6, 6.07) is 16.2. The van der Waals surface area contributed by atoms with Gasteiger partial charge in [-0.1, -0.05) is 66.4 Å². The maximum Gasteiger partial charge on any atom is 0.210 e. The van der Waals surface area contributed by atoms with Gasteiger partial charge >= 0.3 is 0 Å². The van der Waals surface area contributed by atoms with Crippen LogP contribution in [0.25, 0.3) is 6.08 Å². The van der Waals surface area contributed by atoms with Crippen LogP contribution in [-0.4, -0.2) is 20.6 Å². The SMILES string of the molecule is Nn1c(COc2ccccc2F)nnc1SC/C=C/c1ccccc1. The molecule has 0 saturated carbocycles. The molecule has 1 heterocycles. The number of rotatable bonds is 7. The highest BCUT2D eigenvalue weighted by Gasteiger charge is 2.11. The molecule has 0 fully saturated rings. The fourth-order valence-electron chi connectivity index (χ4n) is 2.08. The standard InChI is InChI=1S/C18H17FN4OS/c19-15-10-4-5-11-16(15)24-13-17-21-22-18(23(17)20)25-12-6-9-14-7-2-1-3-8-14/h1-11H,12-13,20H2/b9-6+. The van der Waals surface area contributed by atoms with Crippen molar-refractivity contribution in [3.63, 3.8) is 0 Å². The van der Waals surface area contributed by atoms with E-state index < -0.39 is 5.82 Å². The lowest BCUT2D eigenvalue weighted by molar-refractivity contribution is 0.277. The van der Waals surface area contributed by atoms with E-state index in [1.54, 1.807) is 18.2 Å². The molecule has 128 valence electrons. The second-order valence-corrected chi connectivity index (χ2v) is 6.10. The highest BCUT2D eigenvalue weighted by molar-refractivity contribution is 7.99. The minimum absolute atomic E-state index is 0.0465. The number of ether oxygens (including phenoxy) is 1. The molecule has 0 spiro atoms. The van der Waals surface area contributed by atoms with E-state index in [1.165, 1.54) is 22.5 Å². The zero-order valence-corrected chi connectivity index (χ0v) is 14.2. The molecule has 0 saturated heterocycles. The molecule has 3 aromatic rings. The van der Waals surface area contributed by atoms with Gasteiger partial charge in [-0.05, 0) is 17.7 Å². The molecule has 2 N–H and O–H groups in total. The van der Waals surface area contributed by atoms with E-state index in [0.717, 1.165) is 5.56 Å². The summed E-state index contributed by atoms with van der Waals surface area (Å²) in [5.41, 5.74) is 1.14. The van der Waals surface area contributed by atoms with Gasteiger partial charge in [0, 0.05) is 5.75 Å². The van der Waals surface area contributed by atoms with Crippen LogP contribution in [0.5, 0.6) is 5.75 Å². The van der Waals surface area contributed by atoms with Gasteiger partial charge in [-0.25, -0.2) is 9.07 Å². The van der Waals surface area contributed by atoms with E-state index in [1.807, 2.05) is 42.5 Å². The van der Waals surface area contributed by atoms with Crippen molar-refractivity contribution >= 4 is 17.8 Å². The van der Waals surface area contributed by atoms with Crippen LogP contribution in [0.4, 0.5) is 4.39 Å². The molecule has 0 aliphatic rings. The van der Waals surface area contributed by atoms with E-state index in [0.29, 0.717) is 16.7 Å². The number of nitrogen functional groups attached to an aromatic ring is 1. The van der Waals surface area contributed by atoms with Crippen LogP contribution in [0, 0.1) is 5.82 Å². The number of thioether (sulfide) groups is 1. The van der Waals surface area contributed by atoms with E-state index in [2.05, 4.69) is 10.2 Å². The van der Waals surface area contributed by atoms with E-state index in [4.69, 9.17) is 10.6 Å².